The van der Waals surface area contributed by atoms with Crippen molar-refractivity contribution < 1.29 is 9.59 Å². The molecule has 0 unspecified atom stereocenters. The number of piperidine rings is 1. The van der Waals surface area contributed by atoms with Crippen molar-refractivity contribution >= 4 is 24.2 Å². The molecule has 0 spiro atoms. The quantitative estimate of drug-likeness (QED) is 0.773. The third kappa shape index (κ3) is 7.08. The number of halogens is 1. The molecule has 0 aromatic heterocycles. The van der Waals surface area contributed by atoms with Crippen molar-refractivity contribution in [2.24, 2.45) is 11.8 Å². The van der Waals surface area contributed by atoms with Crippen molar-refractivity contribution in [1.29, 1.82) is 0 Å². The number of nitrogens with one attached hydrogen (secondary N) is 2. The Morgan fingerprint density at radius 3 is 2.26 bits per heavy atom. The van der Waals surface area contributed by atoms with E-state index in [0.717, 1.165) is 32.5 Å². The normalized spacial score (nSPS) is 20.0. The first-order valence-electron chi connectivity index (χ1n) is 8.88. The first kappa shape index (κ1) is 20.2. The maximum absolute atomic E-state index is 12.2. The summed E-state index contributed by atoms with van der Waals surface area (Å²) in [6, 6.07) is 0. The van der Waals surface area contributed by atoms with E-state index < -0.39 is 0 Å². The highest BCUT2D eigenvalue weighted by molar-refractivity contribution is 5.85. The standard InChI is InChI=1S/C17H31N3O2.ClH/c1-18-12-15-7-9-20(10-8-15)17(22)13-19-16(21)11-14-5-3-2-4-6-14;/h14-15,18H,2-13H2,1H3,(H,19,21);1H. The van der Waals surface area contributed by atoms with Crippen molar-refractivity contribution in [1.82, 2.24) is 15.5 Å². The minimum absolute atomic E-state index is 0. The topological polar surface area (TPSA) is 61.4 Å². The Balaban J connectivity index is 0.00000264. The summed E-state index contributed by atoms with van der Waals surface area (Å²) in [7, 11) is 1.97. The van der Waals surface area contributed by atoms with Gasteiger partial charge in [-0.05, 0) is 51.1 Å². The van der Waals surface area contributed by atoms with Crippen molar-refractivity contribution in [2.45, 2.75) is 51.4 Å². The zero-order chi connectivity index (χ0) is 15.8. The highest BCUT2D eigenvalue weighted by Crippen LogP contribution is 2.26. The van der Waals surface area contributed by atoms with Gasteiger partial charge in [-0.1, -0.05) is 19.3 Å². The number of nitrogens with zero attached hydrogens (tertiary/aromatic N) is 1. The van der Waals surface area contributed by atoms with Gasteiger partial charge in [0, 0.05) is 19.5 Å². The zero-order valence-electron chi connectivity index (χ0n) is 14.3. The largest absolute Gasteiger partial charge is 0.347 e. The Kier molecular flexibility index (Phi) is 9.56. The molecular formula is C17H32ClN3O2. The van der Waals surface area contributed by atoms with Crippen LogP contribution in [-0.4, -0.2) is 49.9 Å². The first-order valence-corrected chi connectivity index (χ1v) is 8.88. The minimum Gasteiger partial charge on any atom is -0.347 e. The maximum atomic E-state index is 12.2. The molecule has 2 fully saturated rings. The van der Waals surface area contributed by atoms with Gasteiger partial charge in [-0.2, -0.15) is 0 Å². The molecule has 6 heteroatoms. The number of likely N-dealkylation sites (tertiary alicyclic amines) is 1. The van der Waals surface area contributed by atoms with Gasteiger partial charge in [0.1, 0.15) is 0 Å². The molecule has 1 aliphatic carbocycles. The van der Waals surface area contributed by atoms with Crippen LogP contribution in [0.4, 0.5) is 0 Å². The van der Waals surface area contributed by atoms with E-state index in [4.69, 9.17) is 0 Å². The number of hydrogen-bond donors (Lipinski definition) is 2. The molecule has 1 aliphatic heterocycles. The second-order valence-corrected chi connectivity index (χ2v) is 6.87. The summed E-state index contributed by atoms with van der Waals surface area (Å²) >= 11 is 0. The molecule has 1 saturated carbocycles. The summed E-state index contributed by atoms with van der Waals surface area (Å²) in [6.07, 6.45) is 8.85. The fourth-order valence-corrected chi connectivity index (χ4v) is 3.69. The number of carbonyl (C=O) groups excluding carboxylic acids is 2. The zero-order valence-corrected chi connectivity index (χ0v) is 15.1. The first-order chi connectivity index (χ1) is 10.7. The molecule has 1 saturated heterocycles. The Hall–Kier alpha value is -0.810. The fraction of sp³-hybridized carbons (Fsp3) is 0.882. The molecule has 2 N–H and O–H groups in total. The van der Waals surface area contributed by atoms with Crippen LogP contribution in [-0.2, 0) is 9.59 Å². The summed E-state index contributed by atoms with van der Waals surface area (Å²) < 4.78 is 0. The van der Waals surface area contributed by atoms with Gasteiger partial charge in [0.05, 0.1) is 6.54 Å². The summed E-state index contributed by atoms with van der Waals surface area (Å²) in [5.41, 5.74) is 0. The lowest BCUT2D eigenvalue weighted by molar-refractivity contribution is -0.134. The Morgan fingerprint density at radius 2 is 1.65 bits per heavy atom. The van der Waals surface area contributed by atoms with Gasteiger partial charge >= 0.3 is 0 Å². The summed E-state index contributed by atoms with van der Waals surface area (Å²) in [5.74, 6) is 1.32. The van der Waals surface area contributed by atoms with E-state index in [0.29, 0.717) is 18.3 Å². The lowest BCUT2D eigenvalue weighted by atomic mass is 9.87. The lowest BCUT2D eigenvalue weighted by Crippen LogP contribution is -2.45. The van der Waals surface area contributed by atoms with Gasteiger partial charge < -0.3 is 15.5 Å². The minimum atomic E-state index is 0. The molecule has 2 rings (SSSR count). The van der Waals surface area contributed by atoms with Crippen molar-refractivity contribution in [3.63, 3.8) is 0 Å². The SMILES string of the molecule is CNCC1CCN(C(=O)CNC(=O)CC2CCCCC2)CC1.Cl. The predicted molar refractivity (Wildman–Crippen MR) is 94.7 cm³/mol. The molecule has 1 heterocycles. The van der Waals surface area contributed by atoms with Crippen LogP contribution in [0.5, 0.6) is 0 Å². The molecule has 0 atom stereocenters. The van der Waals surface area contributed by atoms with Crippen LogP contribution in [0.2, 0.25) is 0 Å². The van der Waals surface area contributed by atoms with Crippen LogP contribution in [0, 0.1) is 11.8 Å². The highest BCUT2D eigenvalue weighted by Gasteiger charge is 2.23. The van der Waals surface area contributed by atoms with E-state index in [9.17, 15) is 9.59 Å². The predicted octanol–water partition coefficient (Wildman–Crippen LogP) is 1.95. The van der Waals surface area contributed by atoms with Crippen LogP contribution in [0.1, 0.15) is 51.4 Å². The van der Waals surface area contributed by atoms with Crippen LogP contribution in [0.15, 0.2) is 0 Å². The third-order valence-corrected chi connectivity index (χ3v) is 5.10. The molecule has 23 heavy (non-hydrogen) atoms. The van der Waals surface area contributed by atoms with Crippen molar-refractivity contribution in [3.05, 3.63) is 0 Å². The van der Waals surface area contributed by atoms with Gasteiger partial charge in [-0.15, -0.1) is 12.4 Å². The van der Waals surface area contributed by atoms with E-state index in [2.05, 4.69) is 10.6 Å². The average Bonchev–Trinajstić information content (AvgIpc) is 2.54. The smallest absolute Gasteiger partial charge is 0.241 e. The lowest BCUT2D eigenvalue weighted by Gasteiger charge is -2.32. The van der Waals surface area contributed by atoms with Crippen LogP contribution >= 0.6 is 12.4 Å². The molecule has 0 aromatic rings. The molecule has 2 amide bonds. The van der Waals surface area contributed by atoms with Crippen LogP contribution < -0.4 is 10.6 Å². The fourth-order valence-electron chi connectivity index (χ4n) is 3.69. The average molecular weight is 346 g/mol. The molecule has 0 aromatic carbocycles. The summed E-state index contributed by atoms with van der Waals surface area (Å²) in [4.78, 5) is 26.0. The van der Waals surface area contributed by atoms with E-state index >= 15 is 0 Å². The Bertz CT molecular complexity index is 365. The maximum Gasteiger partial charge on any atom is 0.241 e. The second kappa shape index (κ2) is 10.9. The highest BCUT2D eigenvalue weighted by atomic mass is 35.5. The molecule has 134 valence electrons. The van der Waals surface area contributed by atoms with Gasteiger partial charge in [-0.25, -0.2) is 0 Å². The number of hydrogen-bond acceptors (Lipinski definition) is 3. The molecule has 5 nitrogen and oxygen atoms in total. The van der Waals surface area contributed by atoms with E-state index in [-0.39, 0.29) is 30.8 Å². The van der Waals surface area contributed by atoms with Crippen LogP contribution in [0.25, 0.3) is 0 Å². The third-order valence-electron chi connectivity index (χ3n) is 5.10. The van der Waals surface area contributed by atoms with Crippen LogP contribution in [0.3, 0.4) is 0 Å². The van der Waals surface area contributed by atoms with Crippen molar-refractivity contribution in [3.8, 4) is 0 Å². The Morgan fingerprint density at radius 1 is 1.00 bits per heavy atom. The monoisotopic (exact) mass is 345 g/mol. The molecule has 0 bridgehead atoms. The second-order valence-electron chi connectivity index (χ2n) is 6.87. The van der Waals surface area contributed by atoms with Gasteiger partial charge in [0.15, 0.2) is 0 Å². The van der Waals surface area contributed by atoms with E-state index in [1.54, 1.807) is 0 Å². The van der Waals surface area contributed by atoms with Gasteiger partial charge in [0.25, 0.3) is 0 Å². The number of amides is 2. The number of carbonyl (C=O) groups is 2. The summed E-state index contributed by atoms with van der Waals surface area (Å²) in [5, 5.41) is 6.02. The molecule has 2 aliphatic rings. The van der Waals surface area contributed by atoms with E-state index in [1.165, 1.54) is 32.1 Å². The van der Waals surface area contributed by atoms with Gasteiger partial charge in [-0.3, -0.25) is 9.59 Å². The van der Waals surface area contributed by atoms with E-state index in [1.807, 2.05) is 11.9 Å². The van der Waals surface area contributed by atoms with Crippen molar-refractivity contribution in [2.75, 3.05) is 33.2 Å². The molecular weight excluding hydrogens is 314 g/mol. The molecule has 0 radical (unpaired) electrons. The van der Waals surface area contributed by atoms with Gasteiger partial charge in [0.2, 0.25) is 11.8 Å². The summed E-state index contributed by atoms with van der Waals surface area (Å²) in [6.45, 7) is 2.84. The number of rotatable bonds is 6. The Labute approximate surface area is 146 Å².